The van der Waals surface area contributed by atoms with Gasteiger partial charge in [-0.1, -0.05) is 6.07 Å². The number of rotatable bonds is 3. The summed E-state index contributed by atoms with van der Waals surface area (Å²) in [5.41, 5.74) is 3.81. The van der Waals surface area contributed by atoms with Gasteiger partial charge in [0.15, 0.2) is 5.82 Å². The van der Waals surface area contributed by atoms with Crippen LogP contribution in [0.15, 0.2) is 55.0 Å². The zero-order chi connectivity index (χ0) is 18.6. The lowest BCUT2D eigenvalue weighted by Crippen LogP contribution is -2.31. The van der Waals surface area contributed by atoms with Gasteiger partial charge in [-0.2, -0.15) is 5.26 Å². The highest BCUT2D eigenvalue weighted by Gasteiger charge is 2.24. The average molecular weight is 355 g/mol. The van der Waals surface area contributed by atoms with Gasteiger partial charge in [-0.05, 0) is 49.6 Å². The molecule has 0 saturated carbocycles. The van der Waals surface area contributed by atoms with E-state index in [0.29, 0.717) is 17.0 Å². The number of benzene rings is 1. The number of fused-ring (bicyclic) bond motifs is 1. The highest BCUT2D eigenvalue weighted by molar-refractivity contribution is 5.94. The largest absolute Gasteiger partial charge is 0.345 e. The van der Waals surface area contributed by atoms with Gasteiger partial charge in [0.2, 0.25) is 0 Å². The summed E-state index contributed by atoms with van der Waals surface area (Å²) in [4.78, 5) is 25.8. The predicted molar refractivity (Wildman–Crippen MR) is 99.6 cm³/mol. The Kier molecular flexibility index (Phi) is 4.58. The van der Waals surface area contributed by atoms with Crippen LogP contribution in [-0.2, 0) is 6.42 Å². The van der Waals surface area contributed by atoms with Crippen LogP contribution in [0.1, 0.15) is 46.1 Å². The lowest BCUT2D eigenvalue weighted by Gasteiger charge is -2.25. The van der Waals surface area contributed by atoms with Crippen molar-refractivity contribution in [2.24, 2.45) is 0 Å². The number of amides is 1. The second-order valence-electron chi connectivity index (χ2n) is 6.44. The van der Waals surface area contributed by atoms with Gasteiger partial charge in [0.05, 0.1) is 17.7 Å². The molecule has 0 aliphatic heterocycles. The summed E-state index contributed by atoms with van der Waals surface area (Å²) in [6, 6.07) is 12.4. The van der Waals surface area contributed by atoms with Crippen molar-refractivity contribution in [2.75, 3.05) is 0 Å². The minimum Gasteiger partial charge on any atom is -0.345 e. The number of pyridine rings is 1. The van der Waals surface area contributed by atoms with Crippen LogP contribution in [-0.4, -0.2) is 20.9 Å². The highest BCUT2D eigenvalue weighted by atomic mass is 16.1. The van der Waals surface area contributed by atoms with Crippen molar-refractivity contribution in [3.63, 3.8) is 0 Å². The molecule has 0 saturated heterocycles. The van der Waals surface area contributed by atoms with Crippen LogP contribution >= 0.6 is 0 Å². The van der Waals surface area contributed by atoms with Crippen molar-refractivity contribution >= 4 is 5.91 Å². The standard InChI is InChI=1S/C21H17N5O/c22-12-14-3-1-4-16(11-14)21(27)26-19-6-2-5-18-17(19)13-24-20(25-18)15-7-9-23-10-8-15/h1,3-4,7-11,13,19H,2,5-6H2,(H,26,27)/t19-/m1/s1. The van der Waals surface area contributed by atoms with Gasteiger partial charge in [0.1, 0.15) is 0 Å². The first-order valence-electron chi connectivity index (χ1n) is 8.82. The fourth-order valence-electron chi connectivity index (χ4n) is 3.31. The van der Waals surface area contributed by atoms with Gasteiger partial charge < -0.3 is 5.32 Å². The van der Waals surface area contributed by atoms with E-state index in [0.717, 1.165) is 36.1 Å². The van der Waals surface area contributed by atoms with E-state index >= 15 is 0 Å². The molecule has 27 heavy (non-hydrogen) atoms. The van der Waals surface area contributed by atoms with E-state index < -0.39 is 0 Å². The molecule has 4 rings (SSSR count). The van der Waals surface area contributed by atoms with Crippen molar-refractivity contribution in [3.8, 4) is 17.5 Å². The maximum Gasteiger partial charge on any atom is 0.251 e. The van der Waals surface area contributed by atoms with E-state index in [4.69, 9.17) is 10.2 Å². The van der Waals surface area contributed by atoms with Crippen LogP contribution in [0.2, 0.25) is 0 Å². The number of hydrogen-bond donors (Lipinski definition) is 1. The average Bonchev–Trinajstić information content (AvgIpc) is 2.74. The van der Waals surface area contributed by atoms with Gasteiger partial charge in [-0.3, -0.25) is 9.78 Å². The Bertz CT molecular complexity index is 1030. The van der Waals surface area contributed by atoms with E-state index in [1.807, 2.05) is 18.3 Å². The van der Waals surface area contributed by atoms with Gasteiger partial charge >= 0.3 is 0 Å². The Morgan fingerprint density at radius 3 is 2.89 bits per heavy atom. The number of nitriles is 1. The number of nitrogens with one attached hydrogen (secondary N) is 1. The number of aromatic nitrogens is 3. The SMILES string of the molecule is N#Cc1cccc(C(=O)N[C@@H]2CCCc3nc(-c4ccncc4)ncc32)c1. The highest BCUT2D eigenvalue weighted by Crippen LogP contribution is 2.29. The molecule has 1 aromatic carbocycles. The maximum atomic E-state index is 12.6. The summed E-state index contributed by atoms with van der Waals surface area (Å²) in [5, 5.41) is 12.1. The molecule has 2 aromatic heterocycles. The first-order valence-corrected chi connectivity index (χ1v) is 8.82. The molecule has 1 atom stereocenters. The van der Waals surface area contributed by atoms with Crippen molar-refractivity contribution in [3.05, 3.63) is 77.4 Å². The lowest BCUT2D eigenvalue weighted by atomic mass is 9.92. The zero-order valence-corrected chi connectivity index (χ0v) is 14.6. The van der Waals surface area contributed by atoms with E-state index in [1.54, 1.807) is 36.7 Å². The third-order valence-corrected chi connectivity index (χ3v) is 4.68. The van der Waals surface area contributed by atoms with Gasteiger partial charge in [-0.15, -0.1) is 0 Å². The van der Waals surface area contributed by atoms with Crippen LogP contribution in [0.3, 0.4) is 0 Å². The van der Waals surface area contributed by atoms with Crippen molar-refractivity contribution in [2.45, 2.75) is 25.3 Å². The molecule has 0 fully saturated rings. The van der Waals surface area contributed by atoms with E-state index in [9.17, 15) is 4.79 Å². The summed E-state index contributed by atoms with van der Waals surface area (Å²) >= 11 is 0. The molecule has 3 aromatic rings. The van der Waals surface area contributed by atoms with Gasteiger partial charge in [0, 0.05) is 41.0 Å². The van der Waals surface area contributed by atoms with Gasteiger partial charge in [-0.25, -0.2) is 9.97 Å². The smallest absolute Gasteiger partial charge is 0.251 e. The monoisotopic (exact) mass is 355 g/mol. The third kappa shape index (κ3) is 3.53. The summed E-state index contributed by atoms with van der Waals surface area (Å²) < 4.78 is 0. The Balaban J connectivity index is 1.58. The summed E-state index contributed by atoms with van der Waals surface area (Å²) in [5.74, 6) is 0.480. The second-order valence-corrected chi connectivity index (χ2v) is 6.44. The van der Waals surface area contributed by atoms with Crippen molar-refractivity contribution in [1.82, 2.24) is 20.3 Å². The van der Waals surface area contributed by atoms with E-state index in [2.05, 4.69) is 21.4 Å². The second kappa shape index (κ2) is 7.34. The normalized spacial score (nSPS) is 15.4. The molecule has 2 heterocycles. The number of aryl methyl sites for hydroxylation is 1. The molecule has 1 aliphatic rings. The number of hydrogen-bond acceptors (Lipinski definition) is 5. The molecule has 0 unspecified atom stereocenters. The number of carbonyl (C=O) groups is 1. The fraction of sp³-hybridized carbons (Fsp3) is 0.190. The molecule has 0 spiro atoms. The number of nitrogens with zero attached hydrogens (tertiary/aromatic N) is 4. The first-order chi connectivity index (χ1) is 13.2. The first kappa shape index (κ1) is 16.9. The minimum absolute atomic E-state index is 0.126. The van der Waals surface area contributed by atoms with Crippen molar-refractivity contribution in [1.29, 1.82) is 5.26 Å². The Morgan fingerprint density at radius 2 is 2.07 bits per heavy atom. The number of carbonyl (C=O) groups excluding carboxylic acids is 1. The van der Waals surface area contributed by atoms with Crippen LogP contribution < -0.4 is 5.32 Å². The van der Waals surface area contributed by atoms with E-state index in [1.165, 1.54) is 0 Å². The topological polar surface area (TPSA) is 91.6 Å². The molecule has 0 radical (unpaired) electrons. The molecule has 1 N–H and O–H groups in total. The zero-order valence-electron chi connectivity index (χ0n) is 14.6. The molecular formula is C21H17N5O. The quantitative estimate of drug-likeness (QED) is 0.779. The van der Waals surface area contributed by atoms with E-state index in [-0.39, 0.29) is 11.9 Å². The summed E-state index contributed by atoms with van der Waals surface area (Å²) in [6.07, 6.45) is 7.91. The minimum atomic E-state index is -0.192. The molecule has 6 nitrogen and oxygen atoms in total. The van der Waals surface area contributed by atoms with Crippen LogP contribution in [0.5, 0.6) is 0 Å². The molecule has 1 aliphatic carbocycles. The summed E-state index contributed by atoms with van der Waals surface area (Å²) in [7, 11) is 0. The van der Waals surface area contributed by atoms with Crippen LogP contribution in [0.4, 0.5) is 0 Å². The molecule has 1 amide bonds. The molecule has 132 valence electrons. The van der Waals surface area contributed by atoms with Crippen molar-refractivity contribution < 1.29 is 4.79 Å². The molecular weight excluding hydrogens is 338 g/mol. The third-order valence-electron chi connectivity index (χ3n) is 4.68. The van der Waals surface area contributed by atoms with Crippen LogP contribution in [0, 0.1) is 11.3 Å². The molecule has 6 heteroatoms. The summed E-state index contributed by atoms with van der Waals surface area (Å²) in [6.45, 7) is 0. The maximum absolute atomic E-state index is 12.6. The Morgan fingerprint density at radius 1 is 1.22 bits per heavy atom. The Hall–Kier alpha value is -3.59. The lowest BCUT2D eigenvalue weighted by molar-refractivity contribution is 0.0932. The van der Waals surface area contributed by atoms with Gasteiger partial charge in [0.25, 0.3) is 5.91 Å². The Labute approximate surface area is 156 Å². The molecule has 0 bridgehead atoms. The predicted octanol–water partition coefficient (Wildman–Crippen LogP) is 3.22. The van der Waals surface area contributed by atoms with Crippen LogP contribution in [0.25, 0.3) is 11.4 Å². The fourth-order valence-corrected chi connectivity index (χ4v) is 3.31.